The first-order chi connectivity index (χ1) is 13.5. The summed E-state index contributed by atoms with van der Waals surface area (Å²) in [4.78, 5) is 34.7. The summed E-state index contributed by atoms with van der Waals surface area (Å²) in [5, 5.41) is 1.55. The van der Waals surface area contributed by atoms with E-state index in [1.54, 1.807) is 54.0 Å². The Bertz CT molecular complexity index is 1220. The molecule has 0 amide bonds. The second kappa shape index (κ2) is 8.05. The van der Waals surface area contributed by atoms with Crippen molar-refractivity contribution >= 4 is 62.4 Å². The molecular weight excluding hydrogens is 437 g/mol. The zero-order chi connectivity index (χ0) is 19.7. The molecule has 0 saturated carbocycles. The molecule has 0 fully saturated rings. The van der Waals surface area contributed by atoms with Crippen molar-refractivity contribution < 1.29 is 4.79 Å². The third-order valence-electron chi connectivity index (χ3n) is 3.93. The molecule has 0 bridgehead atoms. The van der Waals surface area contributed by atoms with Gasteiger partial charge in [0.05, 0.1) is 17.0 Å². The van der Waals surface area contributed by atoms with Gasteiger partial charge >= 0.3 is 0 Å². The highest BCUT2D eigenvalue weighted by atomic mass is 35.5. The first-order valence-electron chi connectivity index (χ1n) is 8.06. The average molecular weight is 448 g/mol. The summed E-state index contributed by atoms with van der Waals surface area (Å²) < 4.78 is 1.46. The zero-order valence-electron chi connectivity index (χ0n) is 14.1. The molecule has 9 heteroatoms. The number of carbonyl (C=O) groups is 1. The second-order valence-electron chi connectivity index (χ2n) is 5.74. The quantitative estimate of drug-likeness (QED) is 0.241. The molecule has 0 unspecified atom stereocenters. The second-order valence-corrected chi connectivity index (χ2v) is 8.38. The third kappa shape index (κ3) is 3.84. The van der Waals surface area contributed by atoms with Gasteiger partial charge in [0.1, 0.15) is 0 Å². The van der Waals surface area contributed by atoms with Gasteiger partial charge in [-0.15, -0.1) is 11.3 Å². The fourth-order valence-corrected chi connectivity index (χ4v) is 4.42. The predicted molar refractivity (Wildman–Crippen MR) is 115 cm³/mol. The van der Waals surface area contributed by atoms with Crippen LogP contribution in [0.15, 0.2) is 64.0 Å². The Labute approximate surface area is 178 Å². The van der Waals surface area contributed by atoms with Crippen LogP contribution in [0.4, 0.5) is 0 Å². The van der Waals surface area contributed by atoms with Crippen LogP contribution in [0.1, 0.15) is 10.4 Å². The number of nitrogens with zero attached hydrogens (tertiary/aromatic N) is 3. The van der Waals surface area contributed by atoms with E-state index in [0.717, 1.165) is 0 Å². The van der Waals surface area contributed by atoms with Gasteiger partial charge in [0.25, 0.3) is 5.56 Å². The fourth-order valence-electron chi connectivity index (χ4n) is 2.56. The molecule has 0 N–H and O–H groups in total. The lowest BCUT2D eigenvalue weighted by atomic mass is 10.1. The lowest BCUT2D eigenvalue weighted by molar-refractivity contribution is 0.102. The van der Waals surface area contributed by atoms with E-state index >= 15 is 0 Å². The van der Waals surface area contributed by atoms with Crippen LogP contribution in [0.5, 0.6) is 0 Å². The molecule has 0 aliphatic heterocycles. The van der Waals surface area contributed by atoms with E-state index in [-0.39, 0.29) is 17.1 Å². The van der Waals surface area contributed by atoms with Gasteiger partial charge in [0, 0.05) is 15.6 Å². The van der Waals surface area contributed by atoms with Gasteiger partial charge in [-0.25, -0.2) is 9.97 Å². The van der Waals surface area contributed by atoms with E-state index in [1.807, 2.05) is 0 Å². The maximum atomic E-state index is 13.0. The largest absolute Gasteiger partial charge is 0.293 e. The van der Waals surface area contributed by atoms with Crippen molar-refractivity contribution in [2.24, 2.45) is 0 Å². The molecule has 5 nitrogen and oxygen atoms in total. The van der Waals surface area contributed by atoms with E-state index < -0.39 is 0 Å². The highest BCUT2D eigenvalue weighted by Gasteiger charge is 2.17. The van der Waals surface area contributed by atoms with Crippen molar-refractivity contribution in [2.75, 3.05) is 5.75 Å². The number of benzene rings is 2. The summed E-state index contributed by atoms with van der Waals surface area (Å²) in [6.07, 6.45) is 0. The molecule has 0 aliphatic carbocycles. The SMILES string of the molecule is O=C(CSc1nc2scnc2c(=O)n1-c1ccc(Cl)cc1)c1ccc(Cl)cc1. The Morgan fingerprint density at radius 2 is 1.68 bits per heavy atom. The van der Waals surface area contributed by atoms with Crippen molar-refractivity contribution in [3.8, 4) is 5.69 Å². The first kappa shape index (κ1) is 19.1. The number of fused-ring (bicyclic) bond motifs is 1. The van der Waals surface area contributed by atoms with Crippen LogP contribution in [-0.2, 0) is 0 Å². The van der Waals surface area contributed by atoms with Gasteiger partial charge in [0.2, 0.25) is 0 Å². The van der Waals surface area contributed by atoms with E-state index in [4.69, 9.17) is 23.2 Å². The lowest BCUT2D eigenvalue weighted by Crippen LogP contribution is -2.22. The molecule has 0 spiro atoms. The van der Waals surface area contributed by atoms with Crippen LogP contribution < -0.4 is 5.56 Å². The molecule has 4 aromatic rings. The van der Waals surface area contributed by atoms with Crippen LogP contribution in [0.3, 0.4) is 0 Å². The molecule has 0 saturated heterocycles. The van der Waals surface area contributed by atoms with Crippen molar-refractivity contribution in [2.45, 2.75) is 5.16 Å². The normalized spacial score (nSPS) is 11.1. The summed E-state index contributed by atoms with van der Waals surface area (Å²) in [5.41, 5.74) is 2.76. The Kier molecular flexibility index (Phi) is 5.50. The Hall–Kier alpha value is -2.19. The molecule has 140 valence electrons. The number of hydrogen-bond donors (Lipinski definition) is 0. The third-order valence-corrected chi connectivity index (χ3v) is 6.09. The van der Waals surface area contributed by atoms with Crippen LogP contribution in [0.2, 0.25) is 10.0 Å². The molecule has 2 heterocycles. The number of rotatable bonds is 5. The predicted octanol–water partition coefficient (Wildman–Crippen LogP) is 5.12. The minimum Gasteiger partial charge on any atom is -0.293 e. The van der Waals surface area contributed by atoms with Gasteiger partial charge in [-0.2, -0.15) is 0 Å². The Morgan fingerprint density at radius 3 is 2.36 bits per heavy atom. The number of thioether (sulfide) groups is 1. The molecule has 0 aliphatic rings. The number of ketones is 1. The minimum atomic E-state index is -0.282. The highest BCUT2D eigenvalue weighted by molar-refractivity contribution is 7.99. The van der Waals surface area contributed by atoms with Crippen molar-refractivity contribution in [1.29, 1.82) is 0 Å². The van der Waals surface area contributed by atoms with Gasteiger partial charge in [-0.1, -0.05) is 35.0 Å². The molecule has 4 rings (SSSR count). The van der Waals surface area contributed by atoms with E-state index in [0.29, 0.717) is 36.8 Å². The fraction of sp³-hybridized carbons (Fsp3) is 0.0526. The Morgan fingerprint density at radius 1 is 1.04 bits per heavy atom. The number of aromatic nitrogens is 3. The van der Waals surface area contributed by atoms with Crippen molar-refractivity contribution in [1.82, 2.24) is 14.5 Å². The van der Waals surface area contributed by atoms with E-state index in [2.05, 4.69) is 9.97 Å². The maximum Gasteiger partial charge on any atom is 0.286 e. The molecule has 28 heavy (non-hydrogen) atoms. The topological polar surface area (TPSA) is 64.8 Å². The van der Waals surface area contributed by atoms with Crippen LogP contribution in [0.25, 0.3) is 16.0 Å². The minimum absolute atomic E-state index is 0.0806. The molecule has 2 aromatic heterocycles. The average Bonchev–Trinajstić information content (AvgIpc) is 3.17. The first-order valence-corrected chi connectivity index (χ1v) is 10.7. The van der Waals surface area contributed by atoms with Gasteiger partial charge in [0.15, 0.2) is 21.3 Å². The Balaban J connectivity index is 1.72. The van der Waals surface area contributed by atoms with Gasteiger partial charge in [-0.05, 0) is 48.5 Å². The van der Waals surface area contributed by atoms with Crippen molar-refractivity contribution in [3.63, 3.8) is 0 Å². The summed E-state index contributed by atoms with van der Waals surface area (Å²) >= 11 is 14.3. The van der Waals surface area contributed by atoms with Crippen LogP contribution >= 0.6 is 46.3 Å². The molecule has 0 atom stereocenters. The summed E-state index contributed by atoms with van der Waals surface area (Å²) in [6, 6.07) is 13.6. The van der Waals surface area contributed by atoms with Crippen LogP contribution in [0, 0.1) is 0 Å². The monoisotopic (exact) mass is 447 g/mol. The van der Waals surface area contributed by atoms with Gasteiger partial charge in [-0.3, -0.25) is 14.2 Å². The number of thiazole rings is 1. The number of hydrogen-bond acceptors (Lipinski definition) is 6. The van der Waals surface area contributed by atoms with Gasteiger partial charge < -0.3 is 0 Å². The zero-order valence-corrected chi connectivity index (χ0v) is 17.3. The van der Waals surface area contributed by atoms with E-state index in [1.165, 1.54) is 27.7 Å². The highest BCUT2D eigenvalue weighted by Crippen LogP contribution is 2.24. The van der Waals surface area contributed by atoms with Crippen molar-refractivity contribution in [3.05, 3.63) is 80.0 Å². The number of halogens is 2. The smallest absolute Gasteiger partial charge is 0.286 e. The summed E-state index contributed by atoms with van der Waals surface area (Å²) in [6.45, 7) is 0. The lowest BCUT2D eigenvalue weighted by Gasteiger charge is -2.11. The molecule has 0 radical (unpaired) electrons. The van der Waals surface area contributed by atoms with Crippen LogP contribution in [-0.4, -0.2) is 26.1 Å². The summed E-state index contributed by atoms with van der Waals surface area (Å²) in [7, 11) is 0. The summed E-state index contributed by atoms with van der Waals surface area (Å²) in [5.74, 6) is 0.0503. The van der Waals surface area contributed by atoms with E-state index in [9.17, 15) is 9.59 Å². The number of carbonyl (C=O) groups excluding carboxylic acids is 1. The number of Topliss-reactive ketones (excluding diaryl/α,β-unsaturated/α-hetero) is 1. The maximum absolute atomic E-state index is 13.0. The standard InChI is InChI=1S/C19H11Cl2N3O2S2/c20-12-3-1-11(2-4-12)15(25)9-27-19-23-17-16(22-10-28-17)18(26)24(19)14-7-5-13(21)6-8-14/h1-8,10H,9H2. The molecule has 2 aromatic carbocycles. The molecular formula is C19H11Cl2N3O2S2.